The van der Waals surface area contributed by atoms with Crippen molar-refractivity contribution >= 4 is 9.84 Å². The smallest absolute Gasteiger partial charge is 0.417 e. The van der Waals surface area contributed by atoms with Crippen molar-refractivity contribution in [1.82, 2.24) is 4.98 Å². The summed E-state index contributed by atoms with van der Waals surface area (Å²) >= 11 is 0. The average Bonchev–Trinajstić information content (AvgIpc) is 3.01. The van der Waals surface area contributed by atoms with Crippen LogP contribution in [0, 0.1) is 0 Å². The summed E-state index contributed by atoms with van der Waals surface area (Å²) in [5.74, 6) is -0.0672. The minimum absolute atomic E-state index is 0.0238. The molecule has 0 aliphatic heterocycles. The van der Waals surface area contributed by atoms with Crippen molar-refractivity contribution in [2.75, 3.05) is 6.26 Å². The number of benzene rings is 1. The third-order valence-electron chi connectivity index (χ3n) is 5.29. The molecule has 1 aromatic carbocycles. The maximum Gasteiger partial charge on any atom is 0.417 e. The Labute approximate surface area is 167 Å². The van der Waals surface area contributed by atoms with Gasteiger partial charge in [0.05, 0.1) is 10.5 Å². The minimum Gasteiger partial charge on any atom is -0.471 e. The summed E-state index contributed by atoms with van der Waals surface area (Å²) in [6, 6.07) is 6.50. The lowest BCUT2D eigenvalue weighted by Gasteiger charge is -2.29. The molecule has 1 aromatic heterocycles. The van der Waals surface area contributed by atoms with Crippen molar-refractivity contribution < 1.29 is 31.4 Å². The molecular weight excluding hydrogens is 407 g/mol. The molecule has 1 heterocycles. The summed E-state index contributed by atoms with van der Waals surface area (Å²) in [6.45, 7) is 1.82. The molecule has 1 saturated carbocycles. The molecule has 0 radical (unpaired) electrons. The van der Waals surface area contributed by atoms with Crippen LogP contribution in [0.4, 0.5) is 13.2 Å². The zero-order chi connectivity index (χ0) is 21.4. The summed E-state index contributed by atoms with van der Waals surface area (Å²) in [4.78, 5) is 3.85. The van der Waals surface area contributed by atoms with E-state index in [1.807, 2.05) is 6.92 Å². The van der Waals surface area contributed by atoms with Crippen molar-refractivity contribution in [2.45, 2.75) is 55.4 Å². The van der Waals surface area contributed by atoms with Gasteiger partial charge in [-0.25, -0.2) is 13.4 Å². The lowest BCUT2D eigenvalue weighted by molar-refractivity contribution is -0.137. The van der Waals surface area contributed by atoms with E-state index < -0.39 is 33.3 Å². The van der Waals surface area contributed by atoms with E-state index in [1.165, 1.54) is 24.3 Å². The molecule has 1 N–H and O–H groups in total. The first-order chi connectivity index (χ1) is 13.4. The number of aromatic nitrogens is 1. The van der Waals surface area contributed by atoms with Gasteiger partial charge in [-0.2, -0.15) is 13.2 Å². The Morgan fingerprint density at radius 2 is 2.03 bits per heavy atom. The monoisotopic (exact) mass is 429 g/mol. The first-order valence-corrected chi connectivity index (χ1v) is 11.1. The Balaban J connectivity index is 2.11. The minimum atomic E-state index is -4.62. The molecular formula is C20H22F3NO4S. The topological polar surface area (TPSA) is 76.5 Å². The highest BCUT2D eigenvalue weighted by atomic mass is 32.2. The highest BCUT2D eigenvalue weighted by molar-refractivity contribution is 7.90. The largest absolute Gasteiger partial charge is 0.471 e. The summed E-state index contributed by atoms with van der Waals surface area (Å²) in [7, 11) is -3.55. The molecule has 3 rings (SSSR count). The van der Waals surface area contributed by atoms with E-state index in [9.17, 15) is 26.7 Å². The predicted molar refractivity (Wildman–Crippen MR) is 101 cm³/mol. The Kier molecular flexibility index (Phi) is 5.66. The van der Waals surface area contributed by atoms with E-state index in [0.717, 1.165) is 18.7 Å². The van der Waals surface area contributed by atoms with E-state index in [0.29, 0.717) is 25.5 Å². The van der Waals surface area contributed by atoms with Crippen LogP contribution < -0.4 is 4.74 Å². The number of alkyl halides is 3. The molecule has 1 aliphatic rings. The van der Waals surface area contributed by atoms with Gasteiger partial charge in [0, 0.05) is 18.0 Å². The van der Waals surface area contributed by atoms with E-state index in [-0.39, 0.29) is 21.9 Å². The zero-order valence-electron chi connectivity index (χ0n) is 16.0. The Morgan fingerprint density at radius 1 is 1.31 bits per heavy atom. The fourth-order valence-corrected chi connectivity index (χ4v) is 4.20. The van der Waals surface area contributed by atoms with Gasteiger partial charge in [-0.1, -0.05) is 19.1 Å². The quantitative estimate of drug-likeness (QED) is 0.769. The van der Waals surface area contributed by atoms with Crippen molar-refractivity contribution in [1.29, 1.82) is 0 Å². The van der Waals surface area contributed by atoms with Crippen LogP contribution in [0.2, 0.25) is 0 Å². The van der Waals surface area contributed by atoms with E-state index in [4.69, 9.17) is 4.74 Å². The third-order valence-corrected chi connectivity index (χ3v) is 6.40. The molecule has 29 heavy (non-hydrogen) atoms. The van der Waals surface area contributed by atoms with Gasteiger partial charge in [-0.05, 0) is 49.4 Å². The van der Waals surface area contributed by atoms with Gasteiger partial charge in [0.15, 0.2) is 9.84 Å². The highest BCUT2D eigenvalue weighted by Gasteiger charge is 2.42. The van der Waals surface area contributed by atoms with Crippen LogP contribution in [0.15, 0.2) is 41.4 Å². The number of rotatable bonds is 5. The average molecular weight is 429 g/mol. The second kappa shape index (κ2) is 7.60. The lowest BCUT2D eigenvalue weighted by Crippen LogP contribution is -2.40. The highest BCUT2D eigenvalue weighted by Crippen LogP contribution is 2.40. The molecule has 0 bridgehead atoms. The number of aliphatic hydroxyl groups is 1. The summed E-state index contributed by atoms with van der Waals surface area (Å²) < 4.78 is 69.4. The Hall–Kier alpha value is -2.13. The summed E-state index contributed by atoms with van der Waals surface area (Å²) in [5.41, 5.74) is -1.78. The molecule has 2 atom stereocenters. The van der Waals surface area contributed by atoms with Crippen molar-refractivity contribution in [3.05, 3.63) is 42.1 Å². The predicted octanol–water partition coefficient (Wildman–Crippen LogP) is 4.24. The molecule has 0 saturated heterocycles. The van der Waals surface area contributed by atoms with Gasteiger partial charge < -0.3 is 9.84 Å². The number of hydrogen-bond acceptors (Lipinski definition) is 5. The number of pyridine rings is 1. The second-order valence-electron chi connectivity index (χ2n) is 7.33. The van der Waals surface area contributed by atoms with Gasteiger partial charge in [-0.15, -0.1) is 0 Å². The maximum absolute atomic E-state index is 13.2. The number of sulfone groups is 1. The van der Waals surface area contributed by atoms with Gasteiger partial charge in [0.25, 0.3) is 0 Å². The number of halogens is 3. The van der Waals surface area contributed by atoms with E-state index >= 15 is 0 Å². The molecule has 9 heteroatoms. The third kappa shape index (κ3) is 4.56. The Morgan fingerprint density at radius 3 is 2.66 bits per heavy atom. The Bertz CT molecular complexity index is 1010. The van der Waals surface area contributed by atoms with Crippen molar-refractivity contribution in [3.63, 3.8) is 0 Å². The zero-order valence-corrected chi connectivity index (χ0v) is 16.8. The van der Waals surface area contributed by atoms with Crippen LogP contribution in [0.3, 0.4) is 0 Å². The van der Waals surface area contributed by atoms with Gasteiger partial charge >= 0.3 is 6.18 Å². The SMILES string of the molecule is CCC1(O)CCCC1Oc1ncc(C(F)(F)F)cc1-c1cccc(S(C)(=O)=O)c1. The first kappa shape index (κ1) is 21.6. The van der Waals surface area contributed by atoms with Crippen LogP contribution in [-0.2, 0) is 16.0 Å². The lowest BCUT2D eigenvalue weighted by atomic mass is 9.96. The standard InChI is InChI=1S/C20H22F3NO4S/c1-3-19(25)9-5-8-17(19)28-18-16(11-14(12-24-18)20(21,22)23)13-6-4-7-15(10-13)29(2,26)27/h4,6-7,10-12,17,25H,3,5,8-9H2,1-2H3. The molecule has 1 aliphatic carbocycles. The van der Waals surface area contributed by atoms with Crippen LogP contribution in [0.5, 0.6) is 5.88 Å². The van der Waals surface area contributed by atoms with E-state index in [1.54, 1.807) is 0 Å². The van der Waals surface area contributed by atoms with E-state index in [2.05, 4.69) is 4.98 Å². The number of nitrogens with zero attached hydrogens (tertiary/aromatic N) is 1. The van der Waals surface area contributed by atoms with Crippen LogP contribution >= 0.6 is 0 Å². The fourth-order valence-electron chi connectivity index (χ4n) is 3.53. The normalized spacial score (nSPS) is 22.6. The molecule has 0 amide bonds. The van der Waals surface area contributed by atoms with Gasteiger partial charge in [-0.3, -0.25) is 0 Å². The van der Waals surface area contributed by atoms with Crippen molar-refractivity contribution in [3.8, 4) is 17.0 Å². The van der Waals surface area contributed by atoms with Gasteiger partial charge in [0.2, 0.25) is 5.88 Å². The molecule has 158 valence electrons. The van der Waals surface area contributed by atoms with Crippen LogP contribution in [0.1, 0.15) is 38.2 Å². The molecule has 5 nitrogen and oxygen atoms in total. The number of ether oxygens (including phenoxy) is 1. The molecule has 0 spiro atoms. The van der Waals surface area contributed by atoms with Crippen molar-refractivity contribution in [2.24, 2.45) is 0 Å². The number of hydrogen-bond donors (Lipinski definition) is 1. The second-order valence-corrected chi connectivity index (χ2v) is 9.35. The maximum atomic E-state index is 13.2. The molecule has 2 unspecified atom stereocenters. The molecule has 2 aromatic rings. The van der Waals surface area contributed by atoms with Crippen LogP contribution in [0.25, 0.3) is 11.1 Å². The molecule has 1 fully saturated rings. The fraction of sp³-hybridized carbons (Fsp3) is 0.450. The van der Waals surface area contributed by atoms with Crippen LogP contribution in [-0.4, -0.2) is 36.5 Å². The summed E-state index contributed by atoms with van der Waals surface area (Å²) in [6.07, 6.45) is -1.26. The summed E-state index contributed by atoms with van der Waals surface area (Å²) in [5, 5.41) is 10.7. The van der Waals surface area contributed by atoms with Gasteiger partial charge in [0.1, 0.15) is 11.7 Å². The first-order valence-electron chi connectivity index (χ1n) is 9.21.